The van der Waals surface area contributed by atoms with E-state index in [2.05, 4.69) is 29.8 Å². The molecule has 1 saturated heterocycles. The van der Waals surface area contributed by atoms with Gasteiger partial charge in [0.25, 0.3) is 11.1 Å². The number of aromatic amines is 2. The van der Waals surface area contributed by atoms with Gasteiger partial charge in [0, 0.05) is 44.3 Å². The van der Waals surface area contributed by atoms with Crippen molar-refractivity contribution in [3.05, 3.63) is 60.5 Å². The van der Waals surface area contributed by atoms with Crippen LogP contribution in [0.5, 0.6) is 0 Å². The van der Waals surface area contributed by atoms with Crippen LogP contribution in [0.25, 0.3) is 6.08 Å². The highest BCUT2D eigenvalue weighted by Gasteiger charge is 2.37. The van der Waals surface area contributed by atoms with E-state index in [1.807, 2.05) is 0 Å². The molecule has 17 heteroatoms. The molecule has 0 aromatic carbocycles. The summed E-state index contributed by atoms with van der Waals surface area (Å²) in [5, 5.41) is 12.7. The summed E-state index contributed by atoms with van der Waals surface area (Å²) in [6.07, 6.45) is 3.01. The van der Waals surface area contributed by atoms with E-state index in [1.54, 1.807) is 6.21 Å². The maximum absolute atomic E-state index is 12.3. The van der Waals surface area contributed by atoms with E-state index in [1.165, 1.54) is 6.08 Å². The molecule has 4 rings (SSSR count). The standard InChI is InChI=1S/C21H25N6O10P/c28-13-8-17(37-14(13)10-36-38(33,34)35)27-9-11(19(30)26-21(27)32)3-4-16(29)22-6-1-2-15-24-12-5-7-23-18(12)20(31)25-15/h3-4,7,9,13-14,17,28H,1-2,5-6,8,10H2,(H,22,29)(H,24,25,31)(H,26,30,32)(H2,33,34,35)/b4-3+/t13?,14-,17-/m1/s1. The van der Waals surface area contributed by atoms with Crippen LogP contribution in [0.15, 0.2) is 31.6 Å². The second-order valence-electron chi connectivity index (χ2n) is 8.52. The van der Waals surface area contributed by atoms with Gasteiger partial charge in [-0.2, -0.15) is 0 Å². The van der Waals surface area contributed by atoms with Gasteiger partial charge in [0.15, 0.2) is 0 Å². The summed E-state index contributed by atoms with van der Waals surface area (Å²) in [6.45, 7) is -0.345. The zero-order valence-electron chi connectivity index (χ0n) is 19.8. The number of fused-ring (bicyclic) bond motifs is 1. The van der Waals surface area contributed by atoms with Crippen LogP contribution in [0, 0.1) is 0 Å². The second-order valence-corrected chi connectivity index (χ2v) is 9.76. The minimum absolute atomic E-state index is 0.0464. The molecule has 38 heavy (non-hydrogen) atoms. The van der Waals surface area contributed by atoms with Gasteiger partial charge in [-0.25, -0.2) is 14.3 Å². The Bertz CT molecular complexity index is 1490. The van der Waals surface area contributed by atoms with Crippen molar-refractivity contribution in [2.75, 3.05) is 13.2 Å². The van der Waals surface area contributed by atoms with E-state index in [0.717, 1.165) is 16.8 Å². The maximum Gasteiger partial charge on any atom is 0.469 e. The number of carbonyl (C=O) groups is 1. The fourth-order valence-electron chi connectivity index (χ4n) is 3.91. The molecule has 0 radical (unpaired) electrons. The number of carbonyl (C=O) groups excluding carboxylic acids is 1. The molecule has 1 fully saturated rings. The normalized spacial score (nSPS) is 20.8. The number of H-pyrrole nitrogens is 2. The Labute approximate surface area is 213 Å². The first-order valence-corrected chi connectivity index (χ1v) is 13.0. The quantitative estimate of drug-likeness (QED) is 0.111. The number of aromatic nitrogens is 4. The van der Waals surface area contributed by atoms with Crippen LogP contribution >= 0.6 is 7.82 Å². The molecule has 4 heterocycles. The first-order valence-electron chi connectivity index (χ1n) is 11.5. The third-order valence-corrected chi connectivity index (χ3v) is 6.23. The van der Waals surface area contributed by atoms with Gasteiger partial charge in [-0.15, -0.1) is 0 Å². The van der Waals surface area contributed by atoms with Gasteiger partial charge in [0.2, 0.25) is 5.91 Å². The largest absolute Gasteiger partial charge is 0.469 e. The van der Waals surface area contributed by atoms with Crippen LogP contribution in [0.3, 0.4) is 0 Å². The number of hydrogen-bond acceptors (Lipinski definition) is 10. The average molecular weight is 552 g/mol. The van der Waals surface area contributed by atoms with Gasteiger partial charge in [-0.05, 0) is 12.5 Å². The van der Waals surface area contributed by atoms with Crippen LogP contribution in [0.4, 0.5) is 5.69 Å². The minimum Gasteiger partial charge on any atom is -0.390 e. The summed E-state index contributed by atoms with van der Waals surface area (Å²) >= 11 is 0. The fourth-order valence-corrected chi connectivity index (χ4v) is 4.26. The van der Waals surface area contributed by atoms with Gasteiger partial charge < -0.3 is 29.9 Å². The number of nitrogens with one attached hydrogen (secondary N) is 3. The predicted octanol–water partition coefficient (Wildman–Crippen LogP) is -1.60. The summed E-state index contributed by atoms with van der Waals surface area (Å²) in [5.74, 6) is -0.0132. The lowest BCUT2D eigenvalue weighted by Crippen LogP contribution is -2.33. The molecule has 0 bridgehead atoms. The lowest BCUT2D eigenvalue weighted by molar-refractivity contribution is -0.116. The molecule has 6 N–H and O–H groups in total. The Morgan fingerprint density at radius 3 is 2.84 bits per heavy atom. The molecule has 2 aromatic rings. The zero-order valence-corrected chi connectivity index (χ0v) is 20.7. The molecule has 16 nitrogen and oxygen atoms in total. The number of amides is 1. The second kappa shape index (κ2) is 11.5. The summed E-state index contributed by atoms with van der Waals surface area (Å²) in [7, 11) is -4.79. The zero-order chi connectivity index (χ0) is 27.4. The Morgan fingerprint density at radius 2 is 2.08 bits per heavy atom. The molecule has 1 unspecified atom stereocenters. The van der Waals surface area contributed by atoms with Crippen LogP contribution in [-0.4, -0.2) is 71.9 Å². The first-order chi connectivity index (χ1) is 18.0. The van der Waals surface area contributed by atoms with Gasteiger partial charge >= 0.3 is 13.5 Å². The predicted molar refractivity (Wildman–Crippen MR) is 131 cm³/mol. The number of aryl methyl sites for hydroxylation is 1. The summed E-state index contributed by atoms with van der Waals surface area (Å²) in [4.78, 5) is 79.3. The topological polar surface area (TPSA) is 238 Å². The number of phosphoric ester groups is 1. The highest BCUT2D eigenvalue weighted by atomic mass is 31.2. The Kier molecular flexibility index (Phi) is 8.30. The molecule has 0 spiro atoms. The van der Waals surface area contributed by atoms with E-state index in [0.29, 0.717) is 36.5 Å². The van der Waals surface area contributed by atoms with E-state index in [4.69, 9.17) is 14.5 Å². The number of ether oxygens (including phenoxy) is 1. The molecular formula is C21H25N6O10P. The fraction of sp³-hybridized carbons (Fsp3) is 0.429. The van der Waals surface area contributed by atoms with Crippen molar-refractivity contribution >= 4 is 31.7 Å². The number of nitrogens with zero attached hydrogens (tertiary/aromatic N) is 3. The molecule has 204 valence electrons. The van der Waals surface area contributed by atoms with E-state index in [9.17, 15) is 28.8 Å². The van der Waals surface area contributed by atoms with Gasteiger partial charge in [-0.1, -0.05) is 0 Å². The van der Waals surface area contributed by atoms with Crippen LogP contribution < -0.4 is 22.1 Å². The number of aliphatic imine (C=N–C) groups is 1. The summed E-state index contributed by atoms with van der Waals surface area (Å²) < 4.78 is 21.7. The molecule has 2 aliphatic rings. The number of aliphatic hydroxyl groups is 1. The SMILES string of the molecule is O=C(/C=C/c1cn([C@H]2CC(O)[C@@H](COP(=O)(O)O)O2)c(=O)[nH]c1=O)NCCCc1nc2c(c(=O)[nH]1)N=CC2. The monoisotopic (exact) mass is 552 g/mol. The molecule has 0 saturated carbocycles. The first kappa shape index (κ1) is 27.5. The van der Waals surface area contributed by atoms with E-state index < -0.39 is 50.0 Å². The Hall–Kier alpha value is -3.53. The molecule has 1 amide bonds. The highest BCUT2D eigenvalue weighted by molar-refractivity contribution is 7.46. The average Bonchev–Trinajstić information content (AvgIpc) is 3.46. The summed E-state index contributed by atoms with van der Waals surface area (Å²) in [6, 6.07) is 0. The van der Waals surface area contributed by atoms with Crippen LogP contribution in [0.2, 0.25) is 0 Å². The maximum atomic E-state index is 12.3. The van der Waals surface area contributed by atoms with Crippen molar-refractivity contribution < 1.29 is 33.5 Å². The van der Waals surface area contributed by atoms with Gasteiger partial charge in [0.1, 0.15) is 23.8 Å². The van der Waals surface area contributed by atoms with Crippen molar-refractivity contribution in [3.63, 3.8) is 0 Å². The van der Waals surface area contributed by atoms with Crippen molar-refractivity contribution in [2.24, 2.45) is 4.99 Å². The number of hydrogen-bond donors (Lipinski definition) is 6. The molecule has 0 aliphatic carbocycles. The van der Waals surface area contributed by atoms with Crippen molar-refractivity contribution in [3.8, 4) is 0 Å². The van der Waals surface area contributed by atoms with Crippen LogP contribution in [-0.2, 0) is 31.5 Å². The number of phosphoric acid groups is 1. The van der Waals surface area contributed by atoms with Gasteiger partial charge in [-0.3, -0.25) is 33.5 Å². The Balaban J connectivity index is 1.32. The molecule has 2 aliphatic heterocycles. The molecule has 3 atom stereocenters. The molecule has 2 aromatic heterocycles. The smallest absolute Gasteiger partial charge is 0.390 e. The summed E-state index contributed by atoms with van der Waals surface area (Å²) in [5.41, 5.74) is -1.02. The lowest BCUT2D eigenvalue weighted by Gasteiger charge is -2.16. The number of rotatable bonds is 10. The van der Waals surface area contributed by atoms with Gasteiger partial charge in [0.05, 0.1) is 24.0 Å². The van der Waals surface area contributed by atoms with Crippen molar-refractivity contribution in [2.45, 2.75) is 44.1 Å². The Morgan fingerprint density at radius 1 is 1.29 bits per heavy atom. The molecular weight excluding hydrogens is 527 g/mol. The van der Waals surface area contributed by atoms with E-state index >= 15 is 0 Å². The third kappa shape index (κ3) is 6.86. The van der Waals surface area contributed by atoms with E-state index in [-0.39, 0.29) is 24.1 Å². The third-order valence-electron chi connectivity index (χ3n) is 5.74. The minimum atomic E-state index is -4.79. The highest BCUT2D eigenvalue weighted by Crippen LogP contribution is 2.38. The van der Waals surface area contributed by atoms with Crippen molar-refractivity contribution in [1.29, 1.82) is 0 Å². The lowest BCUT2D eigenvalue weighted by atomic mass is 10.2. The van der Waals surface area contributed by atoms with Crippen LogP contribution in [0.1, 0.15) is 36.2 Å². The van der Waals surface area contributed by atoms with Crippen molar-refractivity contribution in [1.82, 2.24) is 24.8 Å². The number of aliphatic hydroxyl groups excluding tert-OH is 1.